The molecule has 1 N–H and O–H groups in total. The summed E-state index contributed by atoms with van der Waals surface area (Å²) < 4.78 is 5.14. The van der Waals surface area contributed by atoms with Gasteiger partial charge in [0.15, 0.2) is 0 Å². The highest BCUT2D eigenvalue weighted by Crippen LogP contribution is 2.32. The van der Waals surface area contributed by atoms with E-state index in [1.54, 1.807) is 19.3 Å². The van der Waals surface area contributed by atoms with Gasteiger partial charge in [-0.15, -0.1) is 0 Å². The van der Waals surface area contributed by atoms with Gasteiger partial charge in [-0.1, -0.05) is 29.8 Å². The maximum Gasteiger partial charge on any atom is 0.227 e. The van der Waals surface area contributed by atoms with Crippen LogP contribution in [0.3, 0.4) is 0 Å². The highest BCUT2D eigenvalue weighted by Gasteiger charge is 2.36. The van der Waals surface area contributed by atoms with E-state index in [9.17, 15) is 9.59 Å². The van der Waals surface area contributed by atoms with Crippen LogP contribution in [0.25, 0.3) is 0 Å². The van der Waals surface area contributed by atoms with Gasteiger partial charge in [0.1, 0.15) is 6.29 Å². The number of halogens is 1. The lowest BCUT2D eigenvalue weighted by Crippen LogP contribution is -2.43. The molecule has 0 aromatic heterocycles. The van der Waals surface area contributed by atoms with Crippen molar-refractivity contribution in [2.75, 3.05) is 40.9 Å². The van der Waals surface area contributed by atoms with E-state index < -0.39 is 0 Å². The van der Waals surface area contributed by atoms with Gasteiger partial charge in [0, 0.05) is 52.0 Å². The monoisotopic (exact) mass is 489 g/mol. The summed E-state index contributed by atoms with van der Waals surface area (Å²) in [7, 11) is 5.57. The van der Waals surface area contributed by atoms with Crippen molar-refractivity contribution in [2.24, 2.45) is 5.92 Å². The zero-order valence-corrected chi connectivity index (χ0v) is 21.6. The summed E-state index contributed by atoms with van der Waals surface area (Å²) in [6, 6.07) is 6.62. The molecule has 2 fully saturated rings. The number of ether oxygens (including phenoxy) is 1. The number of aldehydes is 1. The minimum atomic E-state index is 0.123. The fourth-order valence-electron chi connectivity index (χ4n) is 3.91. The SMILES string of the molecule is CN(C)/C=C\C=C/C=O.COCCCc1ccc(Cl)c(CN(C(=O)C2CCCNC2)C2CC2)c1. The van der Waals surface area contributed by atoms with Crippen molar-refractivity contribution in [3.63, 3.8) is 0 Å². The number of methoxy groups -OCH3 is 1. The van der Waals surface area contributed by atoms with Gasteiger partial charge in [0.25, 0.3) is 0 Å². The first-order valence-corrected chi connectivity index (χ1v) is 12.6. The summed E-state index contributed by atoms with van der Waals surface area (Å²) in [5.41, 5.74) is 2.33. The lowest BCUT2D eigenvalue weighted by atomic mass is 9.97. The number of carbonyl (C=O) groups excluding carboxylic acids is 2. The molecule has 1 aliphatic carbocycles. The van der Waals surface area contributed by atoms with Gasteiger partial charge in [-0.25, -0.2) is 0 Å². The predicted octanol–water partition coefficient (Wildman–Crippen LogP) is 4.23. The van der Waals surface area contributed by atoms with E-state index in [1.807, 2.05) is 31.3 Å². The number of allylic oxidation sites excluding steroid dienone is 3. The topological polar surface area (TPSA) is 61.9 Å². The smallest absolute Gasteiger partial charge is 0.227 e. The molecule has 6 nitrogen and oxygen atoms in total. The van der Waals surface area contributed by atoms with Gasteiger partial charge in [-0.2, -0.15) is 0 Å². The van der Waals surface area contributed by atoms with Gasteiger partial charge in [-0.05, 0) is 80.6 Å². The molecule has 0 spiro atoms. The maximum absolute atomic E-state index is 13.0. The molecule has 1 aromatic rings. The van der Waals surface area contributed by atoms with Gasteiger partial charge in [-0.3, -0.25) is 9.59 Å². The second-order valence-electron chi connectivity index (χ2n) is 9.09. The van der Waals surface area contributed by atoms with E-state index in [1.165, 1.54) is 11.6 Å². The molecule has 1 unspecified atom stereocenters. The average Bonchev–Trinajstić information content (AvgIpc) is 3.68. The minimum Gasteiger partial charge on any atom is -0.385 e. The number of hydrogen-bond acceptors (Lipinski definition) is 5. The number of nitrogens with zero attached hydrogens (tertiary/aromatic N) is 2. The number of benzene rings is 1. The Bertz CT molecular complexity index is 815. The van der Waals surface area contributed by atoms with Crippen LogP contribution in [0.2, 0.25) is 5.02 Å². The van der Waals surface area contributed by atoms with Crippen molar-refractivity contribution in [1.82, 2.24) is 15.1 Å². The number of nitrogens with one attached hydrogen (secondary N) is 1. The van der Waals surface area contributed by atoms with Crippen molar-refractivity contribution >= 4 is 23.8 Å². The quantitative estimate of drug-likeness (QED) is 0.218. The number of amides is 1. The third-order valence-corrected chi connectivity index (χ3v) is 6.24. The Hall–Kier alpha value is -2.15. The largest absolute Gasteiger partial charge is 0.385 e. The second kappa shape index (κ2) is 15.7. The fraction of sp³-hybridized carbons (Fsp3) is 0.556. The highest BCUT2D eigenvalue weighted by molar-refractivity contribution is 6.31. The first kappa shape index (κ1) is 28.1. The number of hydrogen-bond donors (Lipinski definition) is 1. The first-order chi connectivity index (χ1) is 16.5. The molecular formula is C27H40ClN3O3. The summed E-state index contributed by atoms with van der Waals surface area (Å²) in [4.78, 5) is 26.7. The number of aryl methyl sites for hydroxylation is 1. The molecule has 1 heterocycles. The van der Waals surface area contributed by atoms with Gasteiger partial charge >= 0.3 is 0 Å². The standard InChI is InChI=1S/C20H29ClN2O2.C7H11NO/c1-25-11-3-4-15-6-9-19(21)17(12-15)14-23(18-7-8-18)20(24)16-5-2-10-22-13-16;1-8(2)6-4-3-5-7-9/h6,9,12,16,18,22H,2-5,7-8,10-11,13-14H2,1H3;3-7H,1-2H3/b;5-3-,6-4-. The molecule has 3 rings (SSSR count). The number of carbonyl (C=O) groups is 2. The van der Waals surface area contributed by atoms with Crippen molar-refractivity contribution in [2.45, 2.75) is 51.1 Å². The van der Waals surface area contributed by atoms with Crippen LogP contribution >= 0.6 is 11.6 Å². The Labute approximate surface area is 210 Å². The molecular weight excluding hydrogens is 450 g/mol. The van der Waals surface area contributed by atoms with Crippen molar-refractivity contribution in [3.8, 4) is 0 Å². The molecule has 1 saturated heterocycles. The lowest BCUT2D eigenvalue weighted by molar-refractivity contribution is -0.137. The summed E-state index contributed by atoms with van der Waals surface area (Å²) in [5.74, 6) is 0.425. The van der Waals surface area contributed by atoms with Gasteiger partial charge in [0.05, 0.1) is 5.92 Å². The van der Waals surface area contributed by atoms with Gasteiger partial charge < -0.3 is 19.9 Å². The van der Waals surface area contributed by atoms with Crippen molar-refractivity contribution in [3.05, 3.63) is 58.8 Å². The molecule has 34 heavy (non-hydrogen) atoms. The van der Waals surface area contributed by atoms with Crippen molar-refractivity contribution in [1.29, 1.82) is 0 Å². The third kappa shape index (κ3) is 10.4. The Morgan fingerprint density at radius 1 is 1.21 bits per heavy atom. The molecule has 0 bridgehead atoms. The molecule has 2 aliphatic rings. The maximum atomic E-state index is 13.0. The molecule has 1 amide bonds. The summed E-state index contributed by atoms with van der Waals surface area (Å²) in [6.45, 7) is 3.24. The molecule has 1 saturated carbocycles. The van der Waals surface area contributed by atoms with Crippen LogP contribution in [-0.2, 0) is 27.3 Å². The molecule has 1 aliphatic heterocycles. The average molecular weight is 490 g/mol. The normalized spacial score (nSPS) is 17.9. The van der Waals surface area contributed by atoms with Crippen LogP contribution < -0.4 is 5.32 Å². The highest BCUT2D eigenvalue weighted by atomic mass is 35.5. The van der Waals surface area contributed by atoms with Crippen LogP contribution in [-0.4, -0.2) is 68.9 Å². The Kier molecular flexibility index (Phi) is 13.0. The molecule has 0 radical (unpaired) electrons. The third-order valence-electron chi connectivity index (χ3n) is 5.87. The summed E-state index contributed by atoms with van der Waals surface area (Å²) >= 11 is 6.44. The second-order valence-corrected chi connectivity index (χ2v) is 9.50. The van der Waals surface area contributed by atoms with Crippen LogP contribution in [0.4, 0.5) is 0 Å². The van der Waals surface area contributed by atoms with Crippen LogP contribution in [0, 0.1) is 5.92 Å². The molecule has 7 heteroatoms. The van der Waals surface area contributed by atoms with E-state index in [-0.39, 0.29) is 5.92 Å². The lowest BCUT2D eigenvalue weighted by Gasteiger charge is -2.30. The van der Waals surface area contributed by atoms with Crippen LogP contribution in [0.5, 0.6) is 0 Å². The zero-order valence-electron chi connectivity index (χ0n) is 20.8. The Morgan fingerprint density at radius 3 is 2.62 bits per heavy atom. The predicted molar refractivity (Wildman–Crippen MR) is 139 cm³/mol. The zero-order chi connectivity index (χ0) is 24.8. The Morgan fingerprint density at radius 2 is 2.00 bits per heavy atom. The van der Waals surface area contributed by atoms with E-state index in [4.69, 9.17) is 16.3 Å². The summed E-state index contributed by atoms with van der Waals surface area (Å²) in [6.07, 6.45) is 13.8. The number of piperidine rings is 1. The first-order valence-electron chi connectivity index (χ1n) is 12.2. The van der Waals surface area contributed by atoms with Gasteiger partial charge in [0.2, 0.25) is 5.91 Å². The van der Waals surface area contributed by atoms with E-state index in [0.29, 0.717) is 18.5 Å². The summed E-state index contributed by atoms with van der Waals surface area (Å²) in [5, 5.41) is 4.12. The van der Waals surface area contributed by atoms with Crippen LogP contribution in [0.15, 0.2) is 42.6 Å². The van der Waals surface area contributed by atoms with E-state index in [2.05, 4.69) is 22.3 Å². The molecule has 1 aromatic carbocycles. The van der Waals surface area contributed by atoms with Crippen molar-refractivity contribution < 1.29 is 14.3 Å². The fourth-order valence-corrected chi connectivity index (χ4v) is 4.09. The molecule has 1 atom stereocenters. The van der Waals surface area contributed by atoms with Crippen LogP contribution in [0.1, 0.15) is 43.2 Å². The number of rotatable bonds is 11. The van der Waals surface area contributed by atoms with E-state index >= 15 is 0 Å². The Balaban J connectivity index is 0.000000387. The molecule has 188 valence electrons. The van der Waals surface area contributed by atoms with E-state index in [0.717, 1.165) is 75.1 Å². The minimum absolute atomic E-state index is 0.123.